The molecule has 1 unspecified atom stereocenters. The van der Waals surface area contributed by atoms with Crippen LogP contribution in [0, 0.1) is 11.6 Å². The molecule has 0 saturated carbocycles. The number of nitrogens with one attached hydrogen (secondary N) is 1. The van der Waals surface area contributed by atoms with E-state index in [0.29, 0.717) is 11.3 Å². The molecule has 0 aromatic heterocycles. The highest BCUT2D eigenvalue weighted by molar-refractivity contribution is 5.96. The van der Waals surface area contributed by atoms with Gasteiger partial charge in [-0.25, -0.2) is 13.6 Å². The van der Waals surface area contributed by atoms with Crippen LogP contribution in [0.25, 0.3) is 0 Å². The summed E-state index contributed by atoms with van der Waals surface area (Å²) in [5.41, 5.74) is 0.979. The minimum absolute atomic E-state index is 0.00208. The molecular formula is C19H16F2N2O3. The molecule has 0 bridgehead atoms. The zero-order valence-corrected chi connectivity index (χ0v) is 13.9. The number of allylic oxidation sites excluding steroid dienone is 1. The van der Waals surface area contributed by atoms with Crippen LogP contribution in [0.3, 0.4) is 0 Å². The molecule has 1 N–H and O–H groups in total. The predicted octanol–water partition coefficient (Wildman–Crippen LogP) is 4.04. The molecule has 1 aliphatic heterocycles. The molecule has 1 heterocycles. The van der Waals surface area contributed by atoms with E-state index >= 15 is 0 Å². The molecule has 2 amide bonds. The van der Waals surface area contributed by atoms with E-state index in [2.05, 4.69) is 5.32 Å². The lowest BCUT2D eigenvalue weighted by Gasteiger charge is -2.31. The maximum Gasteiger partial charge on any atom is 0.326 e. The molecule has 2 aromatic carbocycles. The Morgan fingerprint density at radius 1 is 1.19 bits per heavy atom. The van der Waals surface area contributed by atoms with Crippen LogP contribution in [0.1, 0.15) is 18.0 Å². The van der Waals surface area contributed by atoms with E-state index in [4.69, 9.17) is 4.74 Å². The second-order valence-electron chi connectivity index (χ2n) is 5.74. The zero-order chi connectivity index (χ0) is 18.7. The molecule has 134 valence electrons. The largest absolute Gasteiger partial charge is 0.494 e. The quantitative estimate of drug-likeness (QED) is 0.901. The number of rotatable bonds is 3. The number of hydrogen-bond acceptors (Lipinski definition) is 3. The highest BCUT2D eigenvalue weighted by atomic mass is 19.1. The van der Waals surface area contributed by atoms with Gasteiger partial charge >= 0.3 is 6.03 Å². The molecule has 0 fully saturated rings. The van der Waals surface area contributed by atoms with Crippen molar-refractivity contribution in [2.24, 2.45) is 0 Å². The average molecular weight is 358 g/mol. The SMILES string of the molecule is COc1cc(NC(=O)N2C=CC(=O)CC2c2ccc(F)cc2)ccc1F. The third-order valence-corrected chi connectivity index (χ3v) is 4.04. The van der Waals surface area contributed by atoms with Crippen molar-refractivity contribution in [1.82, 2.24) is 4.90 Å². The molecule has 5 nitrogen and oxygen atoms in total. The lowest BCUT2D eigenvalue weighted by Crippen LogP contribution is -2.37. The van der Waals surface area contributed by atoms with Crippen molar-refractivity contribution >= 4 is 17.5 Å². The molecule has 26 heavy (non-hydrogen) atoms. The Hall–Kier alpha value is -3.22. The van der Waals surface area contributed by atoms with Crippen LogP contribution in [0.15, 0.2) is 54.7 Å². The fourth-order valence-electron chi connectivity index (χ4n) is 2.72. The first-order chi connectivity index (χ1) is 12.5. The first kappa shape index (κ1) is 17.6. The van der Waals surface area contributed by atoms with E-state index in [1.807, 2.05) is 0 Å². The van der Waals surface area contributed by atoms with E-state index in [1.165, 1.54) is 66.8 Å². The van der Waals surface area contributed by atoms with Crippen molar-refractivity contribution in [3.05, 3.63) is 71.9 Å². The summed E-state index contributed by atoms with van der Waals surface area (Å²) in [5, 5.41) is 2.64. The number of carbonyl (C=O) groups excluding carboxylic acids is 2. The Kier molecular flexibility index (Phi) is 4.97. The summed E-state index contributed by atoms with van der Waals surface area (Å²) in [5.74, 6) is -1.08. The van der Waals surface area contributed by atoms with E-state index in [0.717, 1.165) is 0 Å². The van der Waals surface area contributed by atoms with Crippen molar-refractivity contribution in [2.75, 3.05) is 12.4 Å². The Labute approximate surface area is 148 Å². The van der Waals surface area contributed by atoms with Gasteiger partial charge in [0, 0.05) is 24.4 Å². The first-order valence-electron chi connectivity index (χ1n) is 7.87. The third kappa shape index (κ3) is 3.72. The van der Waals surface area contributed by atoms with Crippen LogP contribution in [0.5, 0.6) is 5.75 Å². The summed E-state index contributed by atoms with van der Waals surface area (Å²) in [6, 6.07) is 8.51. The maximum absolute atomic E-state index is 13.5. The smallest absolute Gasteiger partial charge is 0.326 e. The Morgan fingerprint density at radius 3 is 2.62 bits per heavy atom. The van der Waals surface area contributed by atoms with Gasteiger partial charge in [-0.1, -0.05) is 12.1 Å². The van der Waals surface area contributed by atoms with Gasteiger partial charge in [0.05, 0.1) is 13.2 Å². The van der Waals surface area contributed by atoms with Crippen LogP contribution in [-0.2, 0) is 4.79 Å². The van der Waals surface area contributed by atoms with Crippen molar-refractivity contribution in [3.8, 4) is 5.75 Å². The summed E-state index contributed by atoms with van der Waals surface area (Å²) in [6.07, 6.45) is 2.78. The molecule has 0 aliphatic carbocycles. The molecule has 1 aliphatic rings. The molecule has 7 heteroatoms. The molecule has 2 aromatic rings. The number of carbonyl (C=O) groups is 2. The normalized spacial score (nSPS) is 16.5. The minimum Gasteiger partial charge on any atom is -0.494 e. The van der Waals surface area contributed by atoms with E-state index in [1.54, 1.807) is 0 Å². The molecular weight excluding hydrogens is 342 g/mol. The van der Waals surface area contributed by atoms with Gasteiger partial charge in [-0.05, 0) is 35.9 Å². The number of ether oxygens (including phenoxy) is 1. The van der Waals surface area contributed by atoms with Gasteiger partial charge < -0.3 is 10.1 Å². The second kappa shape index (κ2) is 7.35. The van der Waals surface area contributed by atoms with Crippen LogP contribution >= 0.6 is 0 Å². The number of nitrogens with zero attached hydrogens (tertiary/aromatic N) is 1. The topological polar surface area (TPSA) is 58.6 Å². The maximum atomic E-state index is 13.5. The van der Waals surface area contributed by atoms with E-state index in [-0.39, 0.29) is 18.0 Å². The van der Waals surface area contributed by atoms with Gasteiger partial charge in [-0.2, -0.15) is 0 Å². The predicted molar refractivity (Wildman–Crippen MR) is 91.7 cm³/mol. The van der Waals surface area contributed by atoms with Gasteiger partial charge in [0.2, 0.25) is 0 Å². The van der Waals surface area contributed by atoms with Gasteiger partial charge in [-0.3, -0.25) is 9.69 Å². The van der Waals surface area contributed by atoms with Gasteiger partial charge in [0.15, 0.2) is 17.3 Å². The number of anilines is 1. The summed E-state index contributed by atoms with van der Waals surface area (Å²) in [6.45, 7) is 0. The second-order valence-corrected chi connectivity index (χ2v) is 5.74. The van der Waals surface area contributed by atoms with Crippen LogP contribution in [0.4, 0.5) is 19.3 Å². The monoisotopic (exact) mass is 358 g/mol. The van der Waals surface area contributed by atoms with Gasteiger partial charge in [0.1, 0.15) is 5.82 Å². The zero-order valence-electron chi connectivity index (χ0n) is 13.9. The van der Waals surface area contributed by atoms with Crippen LogP contribution in [-0.4, -0.2) is 23.8 Å². The number of hydrogen-bond donors (Lipinski definition) is 1. The average Bonchev–Trinajstić information content (AvgIpc) is 2.63. The minimum atomic E-state index is -0.560. The summed E-state index contributed by atoms with van der Waals surface area (Å²) < 4.78 is 31.5. The number of benzene rings is 2. The highest BCUT2D eigenvalue weighted by Crippen LogP contribution is 2.30. The van der Waals surface area contributed by atoms with E-state index in [9.17, 15) is 18.4 Å². The third-order valence-electron chi connectivity index (χ3n) is 4.04. The Morgan fingerprint density at radius 2 is 1.92 bits per heavy atom. The van der Waals surface area contributed by atoms with Crippen molar-refractivity contribution < 1.29 is 23.1 Å². The first-order valence-corrected chi connectivity index (χ1v) is 7.87. The Bertz CT molecular complexity index is 866. The number of urea groups is 1. The van der Waals surface area contributed by atoms with Crippen molar-refractivity contribution in [1.29, 1.82) is 0 Å². The summed E-state index contributed by atoms with van der Waals surface area (Å²) >= 11 is 0. The fourth-order valence-corrected chi connectivity index (χ4v) is 2.72. The number of halogens is 2. The van der Waals surface area contributed by atoms with Gasteiger partial charge in [0.25, 0.3) is 0 Å². The van der Waals surface area contributed by atoms with Crippen LogP contribution < -0.4 is 10.1 Å². The Balaban J connectivity index is 1.84. The number of amides is 2. The lowest BCUT2D eigenvalue weighted by molar-refractivity contribution is -0.116. The highest BCUT2D eigenvalue weighted by Gasteiger charge is 2.29. The fraction of sp³-hybridized carbons (Fsp3) is 0.158. The van der Waals surface area contributed by atoms with Crippen LogP contribution in [0.2, 0.25) is 0 Å². The van der Waals surface area contributed by atoms with E-state index < -0.39 is 23.7 Å². The molecule has 0 saturated heterocycles. The molecule has 3 rings (SSSR count). The standard InChI is InChI=1S/C19H16F2N2O3/c1-26-18-10-14(6-7-16(18)21)22-19(25)23-9-8-15(24)11-17(23)12-2-4-13(20)5-3-12/h2-10,17H,11H2,1H3,(H,22,25). The lowest BCUT2D eigenvalue weighted by atomic mass is 9.97. The number of methoxy groups -OCH3 is 1. The molecule has 0 spiro atoms. The van der Waals surface area contributed by atoms with Crippen molar-refractivity contribution in [3.63, 3.8) is 0 Å². The molecule has 1 atom stereocenters. The van der Waals surface area contributed by atoms with Gasteiger partial charge in [-0.15, -0.1) is 0 Å². The summed E-state index contributed by atoms with van der Waals surface area (Å²) in [7, 11) is 1.33. The van der Waals surface area contributed by atoms with Crippen molar-refractivity contribution in [2.45, 2.75) is 12.5 Å². The molecule has 0 radical (unpaired) electrons. The number of ketones is 1. The summed E-state index contributed by atoms with van der Waals surface area (Å²) in [4.78, 5) is 25.8.